The van der Waals surface area contributed by atoms with Crippen LogP contribution in [-0.2, 0) is 12.3 Å². The van der Waals surface area contributed by atoms with Crippen molar-refractivity contribution in [3.8, 4) is 0 Å². The summed E-state index contributed by atoms with van der Waals surface area (Å²) in [7, 11) is 2.22. The summed E-state index contributed by atoms with van der Waals surface area (Å²) >= 11 is 1.80. The maximum Gasteiger partial charge on any atom is 0.117 e. The first-order valence-electron chi connectivity index (χ1n) is 6.73. The molecule has 1 N–H and O–H groups in total. The van der Waals surface area contributed by atoms with Gasteiger partial charge in [-0.1, -0.05) is 0 Å². The van der Waals surface area contributed by atoms with Crippen LogP contribution in [0.3, 0.4) is 0 Å². The molecule has 0 bridgehead atoms. The third-order valence-corrected chi connectivity index (χ3v) is 4.03. The summed E-state index contributed by atoms with van der Waals surface area (Å²) in [5.41, 5.74) is 0. The van der Waals surface area contributed by atoms with Crippen LogP contribution in [0.15, 0.2) is 16.5 Å². The van der Waals surface area contributed by atoms with Crippen molar-refractivity contribution in [2.75, 3.05) is 32.9 Å². The van der Waals surface area contributed by atoms with E-state index in [9.17, 15) is 0 Å². The van der Waals surface area contributed by atoms with Gasteiger partial charge in [-0.15, -0.1) is 0 Å². The first-order chi connectivity index (χ1) is 8.78. The van der Waals surface area contributed by atoms with Crippen LogP contribution in [0.1, 0.15) is 24.4 Å². The van der Waals surface area contributed by atoms with Crippen molar-refractivity contribution in [3.05, 3.63) is 23.7 Å². The van der Waals surface area contributed by atoms with Crippen molar-refractivity contribution < 1.29 is 4.42 Å². The molecule has 2 rings (SSSR count). The van der Waals surface area contributed by atoms with Crippen LogP contribution in [0.2, 0.25) is 0 Å². The second-order valence-corrected chi connectivity index (χ2v) is 6.07. The summed E-state index contributed by atoms with van der Waals surface area (Å²) in [5.74, 6) is 3.90. The Hall–Kier alpha value is -0.450. The van der Waals surface area contributed by atoms with Crippen molar-refractivity contribution in [1.29, 1.82) is 0 Å². The lowest BCUT2D eigenvalue weighted by Crippen LogP contribution is -2.37. The molecular weight excluding hydrogens is 244 g/mol. The number of nitrogens with zero attached hydrogens (tertiary/aromatic N) is 1. The highest BCUT2D eigenvalue weighted by Gasteiger charge is 2.16. The van der Waals surface area contributed by atoms with E-state index in [1.165, 1.54) is 25.9 Å². The van der Waals surface area contributed by atoms with E-state index in [4.69, 9.17) is 4.42 Å². The molecule has 102 valence electrons. The van der Waals surface area contributed by atoms with E-state index >= 15 is 0 Å². The Morgan fingerprint density at radius 1 is 1.44 bits per heavy atom. The zero-order valence-corrected chi connectivity index (χ0v) is 12.3. The van der Waals surface area contributed by atoms with E-state index < -0.39 is 0 Å². The van der Waals surface area contributed by atoms with Gasteiger partial charge in [-0.05, 0) is 57.3 Å². The Morgan fingerprint density at radius 3 is 3.06 bits per heavy atom. The molecule has 1 aliphatic heterocycles. The van der Waals surface area contributed by atoms with Crippen molar-refractivity contribution in [3.63, 3.8) is 0 Å². The van der Waals surface area contributed by atoms with Gasteiger partial charge in [-0.3, -0.25) is 0 Å². The number of hydrogen-bond acceptors (Lipinski definition) is 4. The molecule has 1 saturated heterocycles. The van der Waals surface area contributed by atoms with Gasteiger partial charge in [0.05, 0.1) is 12.3 Å². The van der Waals surface area contributed by atoms with Crippen molar-refractivity contribution >= 4 is 11.8 Å². The SMILES string of the molecule is CSCc1ccc(CNCC2CCCN(C)C2)o1. The normalized spacial score (nSPS) is 21.3. The minimum absolute atomic E-state index is 0.796. The summed E-state index contributed by atoms with van der Waals surface area (Å²) < 4.78 is 5.74. The maximum absolute atomic E-state index is 5.74. The van der Waals surface area contributed by atoms with Gasteiger partial charge in [0.15, 0.2) is 0 Å². The Kier molecular flexibility index (Phi) is 5.60. The molecule has 0 aromatic carbocycles. The summed E-state index contributed by atoms with van der Waals surface area (Å²) in [5, 5.41) is 3.52. The Morgan fingerprint density at radius 2 is 2.28 bits per heavy atom. The molecule has 1 fully saturated rings. The lowest BCUT2D eigenvalue weighted by atomic mass is 9.98. The predicted octanol–water partition coefficient (Wildman–Crippen LogP) is 2.57. The number of furan rings is 1. The highest BCUT2D eigenvalue weighted by molar-refractivity contribution is 7.97. The molecule has 0 amide bonds. The summed E-state index contributed by atoms with van der Waals surface area (Å²) in [6.07, 6.45) is 4.79. The average molecular weight is 268 g/mol. The van der Waals surface area contributed by atoms with E-state index in [1.807, 2.05) is 0 Å². The van der Waals surface area contributed by atoms with Crippen molar-refractivity contribution in [2.45, 2.75) is 25.1 Å². The molecule has 0 saturated carbocycles. The predicted molar refractivity (Wildman–Crippen MR) is 77.9 cm³/mol. The fraction of sp³-hybridized carbons (Fsp3) is 0.714. The third-order valence-electron chi connectivity index (χ3n) is 3.46. The third kappa shape index (κ3) is 4.34. The molecule has 3 nitrogen and oxygen atoms in total. The monoisotopic (exact) mass is 268 g/mol. The van der Waals surface area contributed by atoms with Gasteiger partial charge in [-0.2, -0.15) is 11.8 Å². The summed E-state index contributed by atoms with van der Waals surface area (Å²) in [6, 6.07) is 4.17. The van der Waals surface area contributed by atoms with Gasteiger partial charge in [0.1, 0.15) is 11.5 Å². The van der Waals surface area contributed by atoms with E-state index in [0.29, 0.717) is 0 Å². The van der Waals surface area contributed by atoms with E-state index in [0.717, 1.165) is 36.3 Å². The first-order valence-corrected chi connectivity index (χ1v) is 8.13. The van der Waals surface area contributed by atoms with Gasteiger partial charge in [0.2, 0.25) is 0 Å². The Labute approximate surface area is 114 Å². The molecule has 2 heterocycles. The first kappa shape index (κ1) is 14.0. The summed E-state index contributed by atoms with van der Waals surface area (Å²) in [4.78, 5) is 2.43. The molecule has 1 aromatic heterocycles. The Balaban J connectivity index is 1.67. The van der Waals surface area contributed by atoms with Gasteiger partial charge < -0.3 is 14.6 Å². The van der Waals surface area contributed by atoms with E-state index in [1.54, 1.807) is 11.8 Å². The largest absolute Gasteiger partial charge is 0.464 e. The zero-order valence-electron chi connectivity index (χ0n) is 11.4. The van der Waals surface area contributed by atoms with Gasteiger partial charge >= 0.3 is 0 Å². The lowest BCUT2D eigenvalue weighted by molar-refractivity contribution is 0.205. The molecule has 1 atom stereocenters. The number of hydrogen-bond donors (Lipinski definition) is 1. The molecule has 1 aromatic rings. The average Bonchev–Trinajstić information content (AvgIpc) is 2.78. The standard InChI is InChI=1S/C14H24N2OS/c1-16-7-3-4-12(10-16)8-15-9-13-5-6-14(17-13)11-18-2/h5-6,12,15H,3-4,7-11H2,1-2H3. The van der Waals surface area contributed by atoms with Crippen LogP contribution < -0.4 is 5.32 Å². The molecule has 4 heteroatoms. The number of likely N-dealkylation sites (tertiary alicyclic amines) is 1. The molecule has 18 heavy (non-hydrogen) atoms. The topological polar surface area (TPSA) is 28.4 Å². The fourth-order valence-electron chi connectivity index (χ4n) is 2.58. The van der Waals surface area contributed by atoms with Crippen LogP contribution in [0.5, 0.6) is 0 Å². The molecule has 0 spiro atoms. The molecule has 0 aliphatic carbocycles. The van der Waals surface area contributed by atoms with Crippen LogP contribution in [0, 0.1) is 5.92 Å². The number of rotatable bonds is 6. The lowest BCUT2D eigenvalue weighted by Gasteiger charge is -2.29. The van der Waals surface area contributed by atoms with Crippen molar-refractivity contribution in [2.24, 2.45) is 5.92 Å². The minimum Gasteiger partial charge on any atom is -0.464 e. The van der Waals surface area contributed by atoms with Crippen LogP contribution in [0.4, 0.5) is 0 Å². The van der Waals surface area contributed by atoms with Crippen molar-refractivity contribution in [1.82, 2.24) is 10.2 Å². The van der Waals surface area contributed by atoms with E-state index in [2.05, 4.69) is 35.7 Å². The molecular formula is C14H24N2OS. The maximum atomic E-state index is 5.74. The second kappa shape index (κ2) is 7.22. The van der Waals surface area contributed by atoms with E-state index in [-0.39, 0.29) is 0 Å². The van der Waals surface area contributed by atoms with Gasteiger partial charge in [-0.25, -0.2) is 0 Å². The number of piperidine rings is 1. The fourth-order valence-corrected chi connectivity index (χ4v) is 3.02. The van der Waals surface area contributed by atoms with Crippen LogP contribution in [0.25, 0.3) is 0 Å². The molecule has 1 unspecified atom stereocenters. The molecule has 1 aliphatic rings. The highest BCUT2D eigenvalue weighted by Crippen LogP contribution is 2.15. The zero-order chi connectivity index (χ0) is 12.8. The van der Waals surface area contributed by atoms with Gasteiger partial charge in [0, 0.05) is 6.54 Å². The highest BCUT2D eigenvalue weighted by atomic mass is 32.2. The quantitative estimate of drug-likeness (QED) is 0.858. The molecule has 0 radical (unpaired) electrons. The number of nitrogens with one attached hydrogen (secondary N) is 1. The Bertz CT molecular complexity index is 353. The van der Waals surface area contributed by atoms with Gasteiger partial charge in [0.25, 0.3) is 0 Å². The van der Waals surface area contributed by atoms with Crippen LogP contribution in [-0.4, -0.2) is 37.8 Å². The summed E-state index contributed by atoms with van der Waals surface area (Å²) in [6.45, 7) is 4.44. The number of thioether (sulfide) groups is 1. The minimum atomic E-state index is 0.796. The smallest absolute Gasteiger partial charge is 0.117 e. The van der Waals surface area contributed by atoms with Crippen LogP contribution >= 0.6 is 11.8 Å². The second-order valence-electron chi connectivity index (χ2n) is 5.20.